The molecule has 0 spiro atoms. The van der Waals surface area contributed by atoms with Gasteiger partial charge in [-0.1, -0.05) is 96.8 Å². The Bertz CT molecular complexity index is 681. The summed E-state index contributed by atoms with van der Waals surface area (Å²) in [6.45, 7) is 2.80. The normalized spacial score (nSPS) is 13.4. The molecule has 0 radical (unpaired) electrons. The van der Waals surface area contributed by atoms with Crippen molar-refractivity contribution in [3.63, 3.8) is 0 Å². The summed E-state index contributed by atoms with van der Waals surface area (Å²) in [7, 11) is 0. The standard InChI is InChI=1S/C22H45NO4S.C6H14N2O2.C3H7NO3/c1-2-3-4-5-6-7-8-9-10-11-12-13-14-15-16-23-21(22(26)27)19-28-18-20(25)17-24;7-4-2-1-3-5(8)6(9)10;4-2(1-5)3(6)7/h20-21,23-25H,2-19H2,1H3,(H,26,27);5H,1-4,7-8H2,(H,9,10);2,5H,1,4H2,(H,6,7). The zero-order valence-corrected chi connectivity index (χ0v) is 28.4. The largest absolute Gasteiger partial charge is 0.480 e. The van der Waals surface area contributed by atoms with E-state index in [9.17, 15) is 24.6 Å². The molecule has 0 aliphatic rings. The van der Waals surface area contributed by atoms with Gasteiger partial charge in [0, 0.05) is 11.5 Å². The third kappa shape index (κ3) is 38.6. The summed E-state index contributed by atoms with van der Waals surface area (Å²) in [5.74, 6) is -2.19. The van der Waals surface area contributed by atoms with Crippen LogP contribution in [0, 0.1) is 0 Å². The number of carboxylic acids is 3. The highest BCUT2D eigenvalue weighted by atomic mass is 32.2. The fourth-order valence-electron chi connectivity index (χ4n) is 3.90. The van der Waals surface area contributed by atoms with Gasteiger partial charge in [-0.3, -0.25) is 14.4 Å². The van der Waals surface area contributed by atoms with Crippen LogP contribution >= 0.6 is 11.8 Å². The molecule has 4 unspecified atom stereocenters. The van der Waals surface area contributed by atoms with Gasteiger partial charge in [-0.15, -0.1) is 0 Å². The van der Waals surface area contributed by atoms with E-state index >= 15 is 0 Å². The Balaban J connectivity index is -0.000000841. The summed E-state index contributed by atoms with van der Waals surface area (Å²) in [5, 5.41) is 54.6. The third-order valence-electron chi connectivity index (χ3n) is 6.83. The van der Waals surface area contributed by atoms with Gasteiger partial charge in [0.25, 0.3) is 0 Å². The van der Waals surface area contributed by atoms with Crippen molar-refractivity contribution in [1.29, 1.82) is 0 Å². The highest BCUT2D eigenvalue weighted by Crippen LogP contribution is 2.13. The van der Waals surface area contributed by atoms with Crippen LogP contribution in [0.15, 0.2) is 0 Å². The molecule has 45 heavy (non-hydrogen) atoms. The highest BCUT2D eigenvalue weighted by Gasteiger charge is 2.17. The van der Waals surface area contributed by atoms with E-state index in [1.807, 2.05) is 0 Å². The third-order valence-corrected chi connectivity index (χ3v) is 8.01. The Labute approximate surface area is 275 Å². The Morgan fingerprint density at radius 1 is 0.644 bits per heavy atom. The molecule has 4 atom stereocenters. The lowest BCUT2D eigenvalue weighted by atomic mass is 10.0. The number of hydrogen-bond donors (Lipinski definition) is 10. The van der Waals surface area contributed by atoms with Crippen LogP contribution in [0.5, 0.6) is 0 Å². The molecule has 0 heterocycles. The molecule has 0 aromatic rings. The average molecular weight is 671 g/mol. The van der Waals surface area contributed by atoms with Crippen molar-refractivity contribution in [3.8, 4) is 0 Å². The highest BCUT2D eigenvalue weighted by molar-refractivity contribution is 7.99. The summed E-state index contributed by atoms with van der Waals surface area (Å²) in [6.07, 6.45) is 19.8. The van der Waals surface area contributed by atoms with E-state index in [1.54, 1.807) is 0 Å². The molecule has 0 rings (SSSR count). The van der Waals surface area contributed by atoms with Gasteiger partial charge in [-0.2, -0.15) is 11.8 Å². The van der Waals surface area contributed by atoms with Crippen LogP contribution in [-0.2, 0) is 14.4 Å². The number of aliphatic carboxylic acids is 3. The van der Waals surface area contributed by atoms with Gasteiger partial charge in [-0.05, 0) is 32.4 Å². The second-order valence-electron chi connectivity index (χ2n) is 11.2. The lowest BCUT2D eigenvalue weighted by Gasteiger charge is -2.15. The van der Waals surface area contributed by atoms with E-state index in [1.165, 1.54) is 88.8 Å². The molecule has 0 bridgehead atoms. The van der Waals surface area contributed by atoms with Crippen LogP contribution in [0.25, 0.3) is 0 Å². The first-order chi connectivity index (χ1) is 21.5. The predicted octanol–water partition coefficient (Wildman–Crippen LogP) is 2.51. The van der Waals surface area contributed by atoms with Crippen LogP contribution < -0.4 is 22.5 Å². The van der Waals surface area contributed by atoms with Gasteiger partial charge in [0.1, 0.15) is 18.1 Å². The first-order valence-electron chi connectivity index (χ1n) is 16.6. The molecule has 0 fully saturated rings. The van der Waals surface area contributed by atoms with E-state index in [-0.39, 0.29) is 6.61 Å². The molecule has 270 valence electrons. The van der Waals surface area contributed by atoms with Crippen molar-refractivity contribution in [2.75, 3.05) is 37.8 Å². The summed E-state index contributed by atoms with van der Waals surface area (Å²) in [4.78, 5) is 31.0. The van der Waals surface area contributed by atoms with E-state index in [0.717, 1.165) is 32.2 Å². The number of rotatable bonds is 29. The molecule has 0 saturated carbocycles. The Morgan fingerprint density at radius 3 is 1.47 bits per heavy atom. The van der Waals surface area contributed by atoms with E-state index < -0.39 is 48.7 Å². The summed E-state index contributed by atoms with van der Waals surface area (Å²) in [6, 6.07) is -2.43. The van der Waals surface area contributed by atoms with Crippen LogP contribution in [0.1, 0.15) is 116 Å². The van der Waals surface area contributed by atoms with Crippen LogP contribution in [0.2, 0.25) is 0 Å². The summed E-state index contributed by atoms with van der Waals surface area (Å²) < 4.78 is 0. The minimum absolute atomic E-state index is 0.281. The minimum atomic E-state index is -1.18. The molecular formula is C31H66N4O9S. The molecule has 0 aromatic heterocycles. The van der Waals surface area contributed by atoms with E-state index in [4.69, 9.17) is 37.6 Å². The predicted molar refractivity (Wildman–Crippen MR) is 181 cm³/mol. The number of carboxylic acid groups (broad SMARTS) is 3. The van der Waals surface area contributed by atoms with Crippen molar-refractivity contribution in [3.05, 3.63) is 0 Å². The molecule has 0 aromatic carbocycles. The second-order valence-corrected chi connectivity index (χ2v) is 12.2. The summed E-state index contributed by atoms with van der Waals surface area (Å²) >= 11 is 1.36. The zero-order valence-electron chi connectivity index (χ0n) is 27.6. The van der Waals surface area contributed by atoms with Crippen LogP contribution in [-0.4, -0.2) is 111 Å². The average Bonchev–Trinajstić information content (AvgIpc) is 3.01. The topological polar surface area (TPSA) is 263 Å². The summed E-state index contributed by atoms with van der Waals surface area (Å²) in [5.41, 5.74) is 15.2. The van der Waals surface area contributed by atoms with Crippen molar-refractivity contribution in [2.45, 2.75) is 140 Å². The molecule has 13 N–H and O–H groups in total. The Hall–Kier alpha value is -1.52. The number of nitrogens with one attached hydrogen (secondary N) is 1. The van der Waals surface area contributed by atoms with Crippen molar-refractivity contribution in [2.24, 2.45) is 17.2 Å². The lowest BCUT2D eigenvalue weighted by Crippen LogP contribution is -2.39. The first kappa shape index (κ1) is 47.9. The molecule has 0 saturated heterocycles. The van der Waals surface area contributed by atoms with E-state index in [0.29, 0.717) is 24.5 Å². The van der Waals surface area contributed by atoms with Crippen molar-refractivity contribution in [1.82, 2.24) is 5.32 Å². The lowest BCUT2D eigenvalue weighted by molar-refractivity contribution is -0.140. The number of nitrogens with two attached hydrogens (primary N) is 3. The first-order valence-corrected chi connectivity index (χ1v) is 17.7. The van der Waals surface area contributed by atoms with Crippen LogP contribution in [0.4, 0.5) is 0 Å². The van der Waals surface area contributed by atoms with Crippen LogP contribution in [0.3, 0.4) is 0 Å². The van der Waals surface area contributed by atoms with Crippen molar-refractivity contribution < 1.29 is 45.0 Å². The maximum absolute atomic E-state index is 11.2. The van der Waals surface area contributed by atoms with Crippen molar-refractivity contribution >= 4 is 29.7 Å². The van der Waals surface area contributed by atoms with E-state index in [2.05, 4.69) is 12.2 Å². The smallest absolute Gasteiger partial charge is 0.322 e. The maximum Gasteiger partial charge on any atom is 0.322 e. The van der Waals surface area contributed by atoms with Gasteiger partial charge in [0.05, 0.1) is 19.3 Å². The van der Waals surface area contributed by atoms with Gasteiger partial charge in [-0.25, -0.2) is 0 Å². The number of aliphatic hydroxyl groups is 3. The molecule has 0 amide bonds. The molecule has 0 aliphatic heterocycles. The molecule has 13 nitrogen and oxygen atoms in total. The number of thioether (sulfide) groups is 1. The number of carbonyl (C=O) groups is 3. The fourth-order valence-corrected chi connectivity index (χ4v) is 4.91. The number of hydrogen-bond acceptors (Lipinski definition) is 11. The number of aliphatic hydroxyl groups excluding tert-OH is 3. The van der Waals surface area contributed by atoms with Gasteiger partial charge in [0.2, 0.25) is 0 Å². The molecule has 14 heteroatoms. The molecular weight excluding hydrogens is 604 g/mol. The minimum Gasteiger partial charge on any atom is -0.480 e. The maximum atomic E-state index is 11.2. The molecule has 0 aliphatic carbocycles. The Kier molecular flexibility index (Phi) is 39.3. The van der Waals surface area contributed by atoms with Gasteiger partial charge < -0.3 is 53.2 Å². The number of unbranched alkanes of at least 4 members (excludes halogenated alkanes) is 14. The fraction of sp³-hybridized carbons (Fsp3) is 0.903. The monoisotopic (exact) mass is 670 g/mol. The Morgan fingerprint density at radius 2 is 1.11 bits per heavy atom. The van der Waals surface area contributed by atoms with Gasteiger partial charge in [0.15, 0.2) is 0 Å². The van der Waals surface area contributed by atoms with Gasteiger partial charge >= 0.3 is 17.9 Å². The zero-order chi connectivity index (χ0) is 34.7. The second kappa shape index (κ2) is 36.9. The SMILES string of the molecule is CCCCCCCCCCCCCCCCNC(CSCC(O)CO)C(=O)O.NC(CO)C(=O)O.NCCCCC(N)C(=O)O. The quantitative estimate of drug-likeness (QED) is 0.0513.